The fourth-order valence-corrected chi connectivity index (χ4v) is 1.93. The molecule has 6 heteroatoms. The van der Waals surface area contributed by atoms with Crippen LogP contribution in [0.25, 0.3) is 0 Å². The summed E-state index contributed by atoms with van der Waals surface area (Å²) in [7, 11) is 3.25. The van der Waals surface area contributed by atoms with E-state index in [0.29, 0.717) is 19.6 Å². The van der Waals surface area contributed by atoms with Crippen LogP contribution in [-0.4, -0.2) is 67.6 Å². The molecule has 3 atom stereocenters. The number of likely N-dealkylation sites (tertiary alicyclic amines) is 1. The molecule has 0 amide bonds. The Morgan fingerprint density at radius 2 is 1.88 bits per heavy atom. The van der Waals surface area contributed by atoms with E-state index in [2.05, 4.69) is 0 Å². The van der Waals surface area contributed by atoms with E-state index < -0.39 is 11.5 Å². The molecular weight excluding hydrogens is 212 g/mol. The third-order valence-electron chi connectivity index (χ3n) is 2.94. The first-order valence-corrected chi connectivity index (χ1v) is 5.21. The predicted molar refractivity (Wildman–Crippen MR) is 58.3 cm³/mol. The van der Waals surface area contributed by atoms with E-state index in [1.165, 1.54) is 6.92 Å². The van der Waals surface area contributed by atoms with Crippen LogP contribution in [0.15, 0.2) is 0 Å². The van der Waals surface area contributed by atoms with E-state index in [-0.39, 0.29) is 12.2 Å². The summed E-state index contributed by atoms with van der Waals surface area (Å²) in [6.45, 7) is 3.10. The first-order valence-electron chi connectivity index (χ1n) is 5.21. The van der Waals surface area contributed by atoms with Gasteiger partial charge in [-0.05, 0) is 6.92 Å². The second-order valence-electron chi connectivity index (χ2n) is 4.47. The van der Waals surface area contributed by atoms with E-state index in [4.69, 9.17) is 20.3 Å². The second-order valence-corrected chi connectivity index (χ2v) is 4.47. The van der Waals surface area contributed by atoms with Gasteiger partial charge in [0, 0.05) is 33.9 Å². The van der Waals surface area contributed by atoms with Crippen molar-refractivity contribution < 1.29 is 19.4 Å². The van der Waals surface area contributed by atoms with Gasteiger partial charge in [0.25, 0.3) is 0 Å². The minimum atomic E-state index is -1.24. The maximum absolute atomic E-state index is 10.9. The molecule has 0 bridgehead atoms. The summed E-state index contributed by atoms with van der Waals surface area (Å²) < 4.78 is 10.5. The van der Waals surface area contributed by atoms with Crippen molar-refractivity contribution in [3.8, 4) is 0 Å². The van der Waals surface area contributed by atoms with Crippen LogP contribution < -0.4 is 5.73 Å². The van der Waals surface area contributed by atoms with E-state index in [9.17, 15) is 4.79 Å². The molecular formula is C10H20N2O4. The van der Waals surface area contributed by atoms with Gasteiger partial charge in [-0.2, -0.15) is 0 Å². The Hall–Kier alpha value is -0.690. The molecule has 16 heavy (non-hydrogen) atoms. The summed E-state index contributed by atoms with van der Waals surface area (Å²) in [4.78, 5) is 12.9. The zero-order valence-electron chi connectivity index (χ0n) is 9.97. The number of carboxylic acid groups (broad SMARTS) is 1. The first-order chi connectivity index (χ1) is 7.40. The number of carboxylic acids is 1. The maximum atomic E-state index is 10.9. The van der Waals surface area contributed by atoms with Crippen LogP contribution >= 0.6 is 0 Å². The number of ether oxygens (including phenoxy) is 2. The fourth-order valence-electron chi connectivity index (χ4n) is 1.93. The van der Waals surface area contributed by atoms with Gasteiger partial charge in [0.2, 0.25) is 0 Å². The lowest BCUT2D eigenvalue weighted by Gasteiger charge is -2.25. The molecule has 6 nitrogen and oxygen atoms in total. The van der Waals surface area contributed by atoms with Crippen LogP contribution in [-0.2, 0) is 14.3 Å². The van der Waals surface area contributed by atoms with Crippen LogP contribution in [0.5, 0.6) is 0 Å². The van der Waals surface area contributed by atoms with Crippen LogP contribution in [0.2, 0.25) is 0 Å². The van der Waals surface area contributed by atoms with E-state index in [1.807, 2.05) is 4.90 Å². The molecule has 0 aliphatic carbocycles. The Morgan fingerprint density at radius 3 is 2.19 bits per heavy atom. The highest BCUT2D eigenvalue weighted by Crippen LogP contribution is 2.17. The van der Waals surface area contributed by atoms with Gasteiger partial charge >= 0.3 is 5.97 Å². The van der Waals surface area contributed by atoms with Crippen molar-refractivity contribution in [1.82, 2.24) is 4.90 Å². The van der Waals surface area contributed by atoms with Crippen molar-refractivity contribution in [3.63, 3.8) is 0 Å². The lowest BCUT2D eigenvalue weighted by atomic mass is 10.0. The number of methoxy groups -OCH3 is 2. The Labute approximate surface area is 95.3 Å². The zero-order chi connectivity index (χ0) is 12.3. The summed E-state index contributed by atoms with van der Waals surface area (Å²) in [5.74, 6) is -0.998. The molecule has 1 aliphatic heterocycles. The van der Waals surface area contributed by atoms with Crippen molar-refractivity contribution in [2.24, 2.45) is 5.73 Å². The van der Waals surface area contributed by atoms with Gasteiger partial charge < -0.3 is 20.3 Å². The lowest BCUT2D eigenvalue weighted by molar-refractivity contribution is -0.143. The number of nitrogens with zero attached hydrogens (tertiary/aromatic N) is 1. The smallest absolute Gasteiger partial charge is 0.324 e. The van der Waals surface area contributed by atoms with Gasteiger partial charge in [0.15, 0.2) is 0 Å². The summed E-state index contributed by atoms with van der Waals surface area (Å²) in [6, 6.07) is 0. The Morgan fingerprint density at radius 1 is 1.44 bits per heavy atom. The SMILES string of the molecule is COC1CN(CC(C)(N)C(=O)O)CC1OC. The minimum absolute atomic E-state index is 0.0189. The first kappa shape index (κ1) is 13.4. The molecule has 0 aromatic carbocycles. The fraction of sp³-hybridized carbons (Fsp3) is 0.900. The molecule has 1 saturated heterocycles. The molecule has 3 unspecified atom stereocenters. The van der Waals surface area contributed by atoms with Gasteiger partial charge in [-0.1, -0.05) is 0 Å². The van der Waals surface area contributed by atoms with E-state index in [0.717, 1.165) is 0 Å². The highest BCUT2D eigenvalue weighted by molar-refractivity contribution is 5.78. The van der Waals surface area contributed by atoms with E-state index >= 15 is 0 Å². The van der Waals surface area contributed by atoms with Crippen LogP contribution in [0.3, 0.4) is 0 Å². The number of nitrogens with two attached hydrogens (primary N) is 1. The third kappa shape index (κ3) is 2.91. The summed E-state index contributed by atoms with van der Waals surface area (Å²) in [5.41, 5.74) is 4.46. The predicted octanol–water partition coefficient (Wildman–Crippen LogP) is -0.866. The topological polar surface area (TPSA) is 85.0 Å². The highest BCUT2D eigenvalue weighted by atomic mass is 16.5. The second kappa shape index (κ2) is 5.09. The number of rotatable bonds is 5. The van der Waals surface area contributed by atoms with Crippen LogP contribution in [0, 0.1) is 0 Å². The summed E-state index contributed by atoms with van der Waals surface area (Å²) in [6.07, 6.45) is -0.0378. The average molecular weight is 232 g/mol. The number of carbonyl (C=O) groups is 1. The number of hydrogen-bond donors (Lipinski definition) is 2. The molecule has 1 aliphatic rings. The molecule has 1 fully saturated rings. The molecule has 1 rings (SSSR count). The van der Waals surface area contributed by atoms with E-state index in [1.54, 1.807) is 14.2 Å². The standard InChI is InChI=1S/C10H20N2O4/c1-10(11,9(13)14)6-12-4-7(15-2)8(5-12)16-3/h7-8H,4-6,11H2,1-3H3,(H,13,14). The van der Waals surface area contributed by atoms with Gasteiger partial charge in [0.1, 0.15) is 5.54 Å². The summed E-state index contributed by atoms with van der Waals surface area (Å²) >= 11 is 0. The average Bonchev–Trinajstić information content (AvgIpc) is 2.59. The van der Waals surface area contributed by atoms with Crippen molar-refractivity contribution >= 4 is 5.97 Å². The maximum Gasteiger partial charge on any atom is 0.324 e. The Bertz CT molecular complexity index is 245. The van der Waals surface area contributed by atoms with Crippen LogP contribution in [0.4, 0.5) is 0 Å². The quantitative estimate of drug-likeness (QED) is 0.641. The number of aliphatic carboxylic acids is 1. The third-order valence-corrected chi connectivity index (χ3v) is 2.94. The molecule has 0 aromatic heterocycles. The van der Waals surface area contributed by atoms with Gasteiger partial charge in [0.05, 0.1) is 12.2 Å². The normalized spacial score (nSPS) is 30.2. The van der Waals surface area contributed by atoms with Crippen LogP contribution in [0.1, 0.15) is 6.92 Å². The molecule has 0 aromatic rings. The van der Waals surface area contributed by atoms with Gasteiger partial charge in [-0.15, -0.1) is 0 Å². The molecule has 0 radical (unpaired) electrons. The molecule has 0 spiro atoms. The van der Waals surface area contributed by atoms with Gasteiger partial charge in [-0.3, -0.25) is 9.69 Å². The zero-order valence-corrected chi connectivity index (χ0v) is 9.97. The Kier molecular flexibility index (Phi) is 4.26. The molecule has 3 N–H and O–H groups in total. The molecule has 0 saturated carbocycles. The summed E-state index contributed by atoms with van der Waals surface area (Å²) in [5, 5.41) is 8.93. The van der Waals surface area contributed by atoms with Crippen molar-refractivity contribution in [3.05, 3.63) is 0 Å². The molecule has 1 heterocycles. The van der Waals surface area contributed by atoms with Crippen molar-refractivity contribution in [1.29, 1.82) is 0 Å². The lowest BCUT2D eigenvalue weighted by Crippen LogP contribution is -2.53. The largest absolute Gasteiger partial charge is 0.480 e. The number of hydrogen-bond acceptors (Lipinski definition) is 5. The van der Waals surface area contributed by atoms with Crippen molar-refractivity contribution in [2.75, 3.05) is 33.9 Å². The minimum Gasteiger partial charge on any atom is -0.480 e. The van der Waals surface area contributed by atoms with Crippen molar-refractivity contribution in [2.45, 2.75) is 24.7 Å². The highest BCUT2D eigenvalue weighted by Gasteiger charge is 2.38. The monoisotopic (exact) mass is 232 g/mol. The molecule has 94 valence electrons. The Balaban J connectivity index is 2.55. The van der Waals surface area contributed by atoms with Gasteiger partial charge in [-0.25, -0.2) is 0 Å².